The van der Waals surface area contributed by atoms with Gasteiger partial charge in [0.2, 0.25) is 5.91 Å². The van der Waals surface area contributed by atoms with E-state index in [2.05, 4.69) is 86.8 Å². The molecule has 79 heavy (non-hydrogen) atoms. The van der Waals surface area contributed by atoms with Crippen LogP contribution < -0.4 is 10.2 Å². The van der Waals surface area contributed by atoms with Gasteiger partial charge in [-0.1, -0.05) is 287 Å². The zero-order valence-corrected chi connectivity index (χ0v) is 53.5. The fraction of sp³-hybridized carbons (Fsp3) is 0.797. The molecule has 0 fully saturated rings. The number of carbonyl (C=O) groups is 2. The molecule has 1 amide bonds. The zero-order valence-electron chi connectivity index (χ0n) is 52.6. The van der Waals surface area contributed by atoms with Crippen molar-refractivity contribution in [2.24, 2.45) is 0 Å². The number of carbonyl (C=O) groups excluding carboxylic acids is 2. The first-order chi connectivity index (χ1) is 38.4. The molecule has 0 spiro atoms. The van der Waals surface area contributed by atoms with Crippen molar-refractivity contribution in [1.29, 1.82) is 0 Å². The third-order valence-electron chi connectivity index (χ3n) is 14.7. The van der Waals surface area contributed by atoms with Crippen LogP contribution in [0.15, 0.2) is 72.9 Å². The maximum atomic E-state index is 13.5. The Kier molecular flexibility index (Phi) is 56.7. The molecule has 460 valence electrons. The van der Waals surface area contributed by atoms with Crippen LogP contribution in [0.3, 0.4) is 0 Å². The highest BCUT2D eigenvalue weighted by atomic mass is 31.2. The minimum atomic E-state index is -4.70. The lowest BCUT2D eigenvalue weighted by Gasteiger charge is -2.30. The van der Waals surface area contributed by atoms with E-state index in [1.54, 1.807) is 0 Å². The lowest BCUT2D eigenvalue weighted by Crippen LogP contribution is -2.47. The Hall–Kier alpha value is -2.55. The number of unbranched alkanes of at least 4 members (excludes halogenated alkanes) is 34. The third kappa shape index (κ3) is 59.9. The summed E-state index contributed by atoms with van der Waals surface area (Å²) in [6.07, 6.45) is 75.9. The van der Waals surface area contributed by atoms with Crippen LogP contribution in [0, 0.1) is 0 Å². The van der Waals surface area contributed by atoms with Crippen molar-refractivity contribution in [3.05, 3.63) is 72.9 Å². The van der Waals surface area contributed by atoms with E-state index < -0.39 is 20.0 Å². The van der Waals surface area contributed by atoms with Gasteiger partial charge in [0.25, 0.3) is 7.82 Å². The first kappa shape index (κ1) is 76.5. The molecule has 0 saturated carbocycles. The Morgan fingerprint density at radius 3 is 1.22 bits per heavy atom. The summed E-state index contributed by atoms with van der Waals surface area (Å²) in [6.45, 7) is 6.75. The quantitative estimate of drug-likeness (QED) is 0.0212. The van der Waals surface area contributed by atoms with Gasteiger partial charge in [0, 0.05) is 12.8 Å². The monoisotopic (exact) mass is 1130 g/mol. The predicted octanol–water partition coefficient (Wildman–Crippen LogP) is 20.2. The Balaban J connectivity index is 5.05. The van der Waals surface area contributed by atoms with Crippen molar-refractivity contribution in [3.8, 4) is 0 Å². The topological polar surface area (TPSA) is 114 Å². The molecule has 3 unspecified atom stereocenters. The maximum Gasteiger partial charge on any atom is 0.306 e. The van der Waals surface area contributed by atoms with Gasteiger partial charge >= 0.3 is 5.97 Å². The standard InChI is InChI=1S/C69H127N2O7P/c1-7-10-13-16-19-22-25-28-30-31-32-33-34-35-36-37-38-39-40-41-42-44-47-50-53-56-59-62-69(73)78-67(60-57-54-51-48-45-27-24-21-18-15-12-9-3)66(65-77-79(74,75)76-64-63-71(4,5)6)70-68(72)61-58-55-52-49-46-43-29-26-23-20-17-14-11-8-2/h10,13,19,22,28,30,32-33,35-36,57,60,66-67H,7-9,11-12,14-18,20-21,23-27,29,31,34,37-56,58-59,61-65H2,1-6H3,(H-,70,72,74,75)/b13-10-,22-19-,30-28-,33-32-,36-35-,60-57-. The number of amides is 1. The average molecular weight is 1130 g/mol. The summed E-state index contributed by atoms with van der Waals surface area (Å²) in [5.41, 5.74) is 0. The molecule has 0 saturated heterocycles. The molecule has 0 aliphatic heterocycles. The van der Waals surface area contributed by atoms with E-state index in [4.69, 9.17) is 13.8 Å². The van der Waals surface area contributed by atoms with Gasteiger partial charge in [-0.15, -0.1) is 0 Å². The minimum absolute atomic E-state index is 0.0227. The molecule has 0 rings (SSSR count). The van der Waals surface area contributed by atoms with E-state index in [9.17, 15) is 19.0 Å². The molecular formula is C69H127N2O7P. The molecule has 10 heteroatoms. The van der Waals surface area contributed by atoms with Crippen LogP contribution >= 0.6 is 7.82 Å². The van der Waals surface area contributed by atoms with E-state index in [1.807, 2.05) is 33.3 Å². The summed E-state index contributed by atoms with van der Waals surface area (Å²) < 4.78 is 30.4. The smallest absolute Gasteiger partial charge is 0.306 e. The van der Waals surface area contributed by atoms with Crippen LogP contribution in [-0.4, -0.2) is 69.4 Å². The molecule has 0 heterocycles. The second kappa shape index (κ2) is 58.6. The van der Waals surface area contributed by atoms with Gasteiger partial charge in [-0.3, -0.25) is 14.2 Å². The summed E-state index contributed by atoms with van der Waals surface area (Å²) in [5, 5.41) is 3.03. The number of phosphoric acid groups is 1. The van der Waals surface area contributed by atoms with Gasteiger partial charge in [0.1, 0.15) is 19.3 Å². The Labute approximate surface area is 489 Å². The number of hydrogen-bond acceptors (Lipinski definition) is 7. The molecule has 0 aromatic heterocycles. The highest BCUT2D eigenvalue weighted by molar-refractivity contribution is 7.45. The van der Waals surface area contributed by atoms with Crippen LogP contribution in [0.25, 0.3) is 0 Å². The number of allylic oxidation sites excluding steroid dienone is 11. The summed E-state index contributed by atoms with van der Waals surface area (Å²) >= 11 is 0. The summed E-state index contributed by atoms with van der Waals surface area (Å²) in [6, 6.07) is -0.889. The highest BCUT2D eigenvalue weighted by Gasteiger charge is 2.27. The van der Waals surface area contributed by atoms with Crippen molar-refractivity contribution in [2.75, 3.05) is 40.9 Å². The fourth-order valence-corrected chi connectivity index (χ4v) is 10.3. The van der Waals surface area contributed by atoms with Gasteiger partial charge in [-0.25, -0.2) is 0 Å². The summed E-state index contributed by atoms with van der Waals surface area (Å²) in [7, 11) is 1.19. The van der Waals surface area contributed by atoms with E-state index in [0.29, 0.717) is 17.4 Å². The minimum Gasteiger partial charge on any atom is -0.756 e. The van der Waals surface area contributed by atoms with Crippen LogP contribution in [-0.2, 0) is 27.9 Å². The normalized spacial score (nSPS) is 14.1. The van der Waals surface area contributed by atoms with Crippen LogP contribution in [0.1, 0.15) is 303 Å². The molecule has 0 radical (unpaired) electrons. The van der Waals surface area contributed by atoms with Crippen molar-refractivity contribution in [2.45, 2.75) is 315 Å². The first-order valence-corrected chi connectivity index (χ1v) is 34.7. The maximum absolute atomic E-state index is 13.5. The molecular weight excluding hydrogens is 1000 g/mol. The van der Waals surface area contributed by atoms with Gasteiger partial charge in [0.05, 0.1) is 33.8 Å². The van der Waals surface area contributed by atoms with Crippen molar-refractivity contribution >= 4 is 19.7 Å². The highest BCUT2D eigenvalue weighted by Crippen LogP contribution is 2.38. The van der Waals surface area contributed by atoms with Gasteiger partial charge in [-0.2, -0.15) is 0 Å². The molecule has 1 N–H and O–H groups in total. The molecule has 0 aromatic carbocycles. The van der Waals surface area contributed by atoms with Crippen LogP contribution in [0.5, 0.6) is 0 Å². The van der Waals surface area contributed by atoms with Gasteiger partial charge < -0.3 is 28.5 Å². The zero-order chi connectivity index (χ0) is 57.9. The van der Waals surface area contributed by atoms with E-state index >= 15 is 0 Å². The van der Waals surface area contributed by atoms with E-state index in [-0.39, 0.29) is 31.5 Å². The number of ether oxygens (including phenoxy) is 1. The fourth-order valence-electron chi connectivity index (χ4n) is 9.55. The lowest BCUT2D eigenvalue weighted by molar-refractivity contribution is -0.870. The predicted molar refractivity (Wildman–Crippen MR) is 339 cm³/mol. The molecule has 0 aliphatic rings. The number of phosphoric ester groups is 1. The lowest BCUT2D eigenvalue weighted by atomic mass is 10.0. The van der Waals surface area contributed by atoms with E-state index in [0.717, 1.165) is 89.9 Å². The van der Waals surface area contributed by atoms with E-state index in [1.165, 1.54) is 180 Å². The number of likely N-dealkylation sites (N-methyl/N-ethyl adjacent to an activating group) is 1. The Bertz CT molecular complexity index is 1580. The van der Waals surface area contributed by atoms with Crippen molar-refractivity contribution in [1.82, 2.24) is 5.32 Å². The van der Waals surface area contributed by atoms with Crippen LogP contribution in [0.2, 0.25) is 0 Å². The molecule has 0 bridgehead atoms. The van der Waals surface area contributed by atoms with Gasteiger partial charge in [-0.05, 0) is 76.7 Å². The number of nitrogens with zero attached hydrogens (tertiary/aromatic N) is 1. The number of esters is 1. The first-order valence-electron chi connectivity index (χ1n) is 33.2. The number of quaternary nitrogens is 1. The average Bonchev–Trinajstić information content (AvgIpc) is 3.41. The number of hydrogen-bond donors (Lipinski definition) is 1. The molecule has 9 nitrogen and oxygen atoms in total. The third-order valence-corrected chi connectivity index (χ3v) is 15.6. The largest absolute Gasteiger partial charge is 0.756 e. The molecule has 0 aliphatic carbocycles. The second-order valence-corrected chi connectivity index (χ2v) is 25.0. The summed E-state index contributed by atoms with van der Waals surface area (Å²) in [4.78, 5) is 40.0. The second-order valence-electron chi connectivity index (χ2n) is 23.6. The SMILES string of the molecule is CC/C=C\C/C=C\C/C=C\C/C=C\C/C=C\CCCCCCCCCCCCCC(=O)OC(/C=C\CCCCCCCCCCCC)C(COP(=O)([O-])OCC[N+](C)(C)C)NC(=O)CCCCCCCCCCCCCCCC. The summed E-state index contributed by atoms with van der Waals surface area (Å²) in [5.74, 6) is -0.536. The molecule has 3 atom stereocenters. The number of rotatable bonds is 60. The molecule has 0 aromatic rings. The van der Waals surface area contributed by atoms with Crippen LogP contribution in [0.4, 0.5) is 0 Å². The Morgan fingerprint density at radius 2 is 0.810 bits per heavy atom. The van der Waals surface area contributed by atoms with Crippen molar-refractivity contribution in [3.63, 3.8) is 0 Å². The van der Waals surface area contributed by atoms with Gasteiger partial charge in [0.15, 0.2) is 0 Å². The Morgan fingerprint density at radius 1 is 0.456 bits per heavy atom. The number of nitrogens with one attached hydrogen (secondary N) is 1. The van der Waals surface area contributed by atoms with Crippen molar-refractivity contribution < 1.29 is 37.3 Å².